The van der Waals surface area contributed by atoms with Crippen LogP contribution < -0.4 is 15.5 Å². The summed E-state index contributed by atoms with van der Waals surface area (Å²) in [5.74, 6) is 1.78. The van der Waals surface area contributed by atoms with Crippen LogP contribution in [0.25, 0.3) is 11.4 Å². The van der Waals surface area contributed by atoms with Gasteiger partial charge in [-0.05, 0) is 25.5 Å². The largest absolute Gasteiger partial charge is 0.396 e. The minimum Gasteiger partial charge on any atom is -0.396 e. The molecule has 9 heteroatoms. The molecule has 0 saturated carbocycles. The van der Waals surface area contributed by atoms with E-state index in [4.69, 9.17) is 9.82 Å². The van der Waals surface area contributed by atoms with E-state index < -0.39 is 0 Å². The van der Waals surface area contributed by atoms with Crippen molar-refractivity contribution in [2.45, 2.75) is 26.2 Å². The van der Waals surface area contributed by atoms with Gasteiger partial charge in [0, 0.05) is 44.4 Å². The van der Waals surface area contributed by atoms with Crippen molar-refractivity contribution in [2.75, 3.05) is 43.0 Å². The van der Waals surface area contributed by atoms with E-state index in [-0.39, 0.29) is 0 Å². The van der Waals surface area contributed by atoms with Crippen molar-refractivity contribution in [3.63, 3.8) is 0 Å². The molecule has 0 spiro atoms. The lowest BCUT2D eigenvalue weighted by molar-refractivity contribution is 0.157. The smallest absolute Gasteiger partial charge is 0.197 e. The lowest BCUT2D eigenvalue weighted by Crippen LogP contribution is -2.35. The number of aromatic nitrogens is 2. The van der Waals surface area contributed by atoms with Crippen LogP contribution in [0.5, 0.6) is 0 Å². The molecule has 2 aliphatic rings. The molecule has 148 valence electrons. The normalized spacial score (nSPS) is 17.0. The Bertz CT molecular complexity index is 853. The highest BCUT2D eigenvalue weighted by molar-refractivity contribution is 7.14. The fourth-order valence-corrected chi connectivity index (χ4v) is 3.85. The molecule has 0 amide bonds. The van der Waals surface area contributed by atoms with Crippen LogP contribution >= 0.6 is 11.3 Å². The third kappa shape index (κ3) is 4.59. The van der Waals surface area contributed by atoms with E-state index in [0.29, 0.717) is 6.61 Å². The molecule has 0 atom stereocenters. The molecule has 2 aromatic rings. The summed E-state index contributed by atoms with van der Waals surface area (Å²) in [4.78, 5) is 21.4. The highest BCUT2D eigenvalue weighted by atomic mass is 32.1. The fourth-order valence-electron chi connectivity index (χ4n) is 3.15. The summed E-state index contributed by atoms with van der Waals surface area (Å²) in [5.41, 5.74) is 2.89. The van der Waals surface area contributed by atoms with Gasteiger partial charge in [0.2, 0.25) is 0 Å². The van der Waals surface area contributed by atoms with Crippen LogP contribution in [0.2, 0.25) is 0 Å². The van der Waals surface area contributed by atoms with Crippen LogP contribution in [0.3, 0.4) is 0 Å². The maximum atomic E-state index is 5.18. The summed E-state index contributed by atoms with van der Waals surface area (Å²) in [6.07, 6.45) is 2.89. The van der Waals surface area contributed by atoms with E-state index in [1.54, 1.807) is 11.3 Å². The number of rotatable bonds is 5. The van der Waals surface area contributed by atoms with Gasteiger partial charge in [0.25, 0.3) is 0 Å². The first-order valence-electron chi connectivity index (χ1n) is 9.73. The monoisotopic (exact) mass is 399 g/mol. The average Bonchev–Trinajstić information content (AvgIpc) is 3.22. The number of anilines is 2. The molecule has 0 bridgehead atoms. The second kappa shape index (κ2) is 9.01. The summed E-state index contributed by atoms with van der Waals surface area (Å²) in [6.45, 7) is 6.16. The number of guanidine groups is 1. The van der Waals surface area contributed by atoms with Gasteiger partial charge in [-0.2, -0.15) is 0 Å². The molecule has 2 aromatic heterocycles. The number of pyridine rings is 1. The van der Waals surface area contributed by atoms with Crippen molar-refractivity contribution in [3.8, 4) is 11.4 Å². The molecule has 0 radical (unpaired) electrons. The average molecular weight is 400 g/mol. The molecule has 0 unspecified atom stereocenters. The standard InChI is InChI=1S/C19H25N7OS/c1-2-27-25-14-7-11-26(12-8-14)17-6-3-5-15(22-17)16-13-28-19(23-16)24-18-20-9-4-10-21-18/h3,5-6,13H,2,4,7-12H2,1H3,(H2,20,21,23,24). The zero-order valence-electron chi connectivity index (χ0n) is 16.0. The molecule has 1 saturated heterocycles. The van der Waals surface area contributed by atoms with Crippen molar-refractivity contribution in [2.24, 2.45) is 10.1 Å². The van der Waals surface area contributed by atoms with Gasteiger partial charge in [-0.3, -0.25) is 4.99 Å². The molecule has 0 aromatic carbocycles. The van der Waals surface area contributed by atoms with Crippen molar-refractivity contribution < 1.29 is 4.84 Å². The number of piperidine rings is 1. The maximum Gasteiger partial charge on any atom is 0.197 e. The van der Waals surface area contributed by atoms with Crippen LogP contribution in [0, 0.1) is 0 Å². The first-order chi connectivity index (χ1) is 13.8. The van der Waals surface area contributed by atoms with Crippen LogP contribution in [-0.2, 0) is 4.84 Å². The minimum atomic E-state index is 0.616. The van der Waals surface area contributed by atoms with E-state index in [2.05, 4.69) is 36.7 Å². The second-order valence-electron chi connectivity index (χ2n) is 6.62. The first kappa shape index (κ1) is 18.7. The zero-order valence-corrected chi connectivity index (χ0v) is 16.8. The number of oxime groups is 1. The van der Waals surface area contributed by atoms with Crippen LogP contribution in [0.4, 0.5) is 10.9 Å². The van der Waals surface area contributed by atoms with Gasteiger partial charge < -0.3 is 20.4 Å². The maximum absolute atomic E-state index is 5.18. The van der Waals surface area contributed by atoms with E-state index in [1.807, 2.05) is 24.4 Å². The van der Waals surface area contributed by atoms with Crippen LogP contribution in [0.15, 0.2) is 33.7 Å². The van der Waals surface area contributed by atoms with E-state index in [1.165, 1.54) is 0 Å². The summed E-state index contributed by atoms with van der Waals surface area (Å²) < 4.78 is 0. The predicted octanol–water partition coefficient (Wildman–Crippen LogP) is 2.96. The fraction of sp³-hybridized carbons (Fsp3) is 0.474. The van der Waals surface area contributed by atoms with Crippen molar-refractivity contribution in [1.29, 1.82) is 0 Å². The number of hydrogen-bond donors (Lipinski definition) is 2. The molecule has 1 fully saturated rings. The number of aliphatic imine (C=N–C) groups is 1. The van der Waals surface area contributed by atoms with Gasteiger partial charge in [-0.25, -0.2) is 9.97 Å². The summed E-state index contributed by atoms with van der Waals surface area (Å²) in [5, 5.41) is 13.5. The Morgan fingerprint density at radius 1 is 1.25 bits per heavy atom. The third-order valence-corrected chi connectivity index (χ3v) is 5.37. The van der Waals surface area contributed by atoms with Gasteiger partial charge in [0.1, 0.15) is 18.1 Å². The van der Waals surface area contributed by atoms with E-state index in [0.717, 1.165) is 79.5 Å². The van der Waals surface area contributed by atoms with Gasteiger partial charge in [0.05, 0.1) is 11.4 Å². The molecular weight excluding hydrogens is 374 g/mol. The summed E-state index contributed by atoms with van der Waals surface area (Å²) in [6, 6.07) is 6.10. The Hall–Kier alpha value is -2.68. The third-order valence-electron chi connectivity index (χ3n) is 4.61. The Morgan fingerprint density at radius 2 is 2.14 bits per heavy atom. The lowest BCUT2D eigenvalue weighted by Gasteiger charge is -2.28. The molecule has 4 rings (SSSR count). The molecule has 2 aliphatic heterocycles. The number of nitrogens with one attached hydrogen (secondary N) is 2. The zero-order chi connectivity index (χ0) is 19.2. The predicted molar refractivity (Wildman–Crippen MR) is 114 cm³/mol. The molecule has 0 aliphatic carbocycles. The van der Waals surface area contributed by atoms with Crippen molar-refractivity contribution >= 4 is 34.0 Å². The van der Waals surface area contributed by atoms with Gasteiger partial charge in [0.15, 0.2) is 11.1 Å². The van der Waals surface area contributed by atoms with Gasteiger partial charge in [-0.15, -0.1) is 11.3 Å². The highest BCUT2D eigenvalue weighted by Gasteiger charge is 2.18. The van der Waals surface area contributed by atoms with Gasteiger partial charge in [-0.1, -0.05) is 11.2 Å². The molecule has 4 heterocycles. The minimum absolute atomic E-state index is 0.616. The number of hydrogen-bond acceptors (Lipinski definition) is 9. The van der Waals surface area contributed by atoms with Crippen molar-refractivity contribution in [1.82, 2.24) is 15.3 Å². The highest BCUT2D eigenvalue weighted by Crippen LogP contribution is 2.26. The second-order valence-corrected chi connectivity index (χ2v) is 7.48. The SMILES string of the molecule is CCON=C1CCN(c2cccc(-c3csc(NC4=NCCCN4)n3)n2)CC1. The quantitative estimate of drug-likeness (QED) is 0.752. The van der Waals surface area contributed by atoms with Crippen molar-refractivity contribution in [3.05, 3.63) is 23.6 Å². The molecular formula is C19H25N7OS. The summed E-state index contributed by atoms with van der Waals surface area (Å²) >= 11 is 1.56. The molecule has 28 heavy (non-hydrogen) atoms. The number of thiazole rings is 1. The Morgan fingerprint density at radius 3 is 2.93 bits per heavy atom. The van der Waals surface area contributed by atoms with Crippen LogP contribution in [-0.4, -0.2) is 54.4 Å². The Balaban J connectivity index is 1.42. The Kier molecular flexibility index (Phi) is 6.01. The topological polar surface area (TPSA) is 87.0 Å². The first-order valence-corrected chi connectivity index (χ1v) is 10.6. The van der Waals surface area contributed by atoms with Crippen LogP contribution in [0.1, 0.15) is 26.2 Å². The van der Waals surface area contributed by atoms with E-state index in [9.17, 15) is 0 Å². The Labute approximate surface area is 168 Å². The lowest BCUT2D eigenvalue weighted by atomic mass is 10.1. The summed E-state index contributed by atoms with van der Waals surface area (Å²) in [7, 11) is 0. The van der Waals surface area contributed by atoms with Gasteiger partial charge >= 0.3 is 0 Å². The number of nitrogens with zero attached hydrogens (tertiary/aromatic N) is 5. The van der Waals surface area contributed by atoms with E-state index >= 15 is 0 Å². The molecule has 2 N–H and O–H groups in total. The molecule has 8 nitrogen and oxygen atoms in total.